The molecule has 2 fully saturated rings. The summed E-state index contributed by atoms with van der Waals surface area (Å²) >= 11 is 4.56. The van der Waals surface area contributed by atoms with Crippen LogP contribution in [0.25, 0.3) is 0 Å². The van der Waals surface area contributed by atoms with Gasteiger partial charge < -0.3 is 19.3 Å². The number of alkyl halides is 3. The van der Waals surface area contributed by atoms with Gasteiger partial charge in [-0.15, -0.1) is 4.72 Å². The van der Waals surface area contributed by atoms with Gasteiger partial charge in [-0.2, -0.15) is 13.2 Å². The summed E-state index contributed by atoms with van der Waals surface area (Å²) in [5, 5.41) is 0.688. The highest BCUT2D eigenvalue weighted by molar-refractivity contribution is 7.90. The van der Waals surface area contributed by atoms with E-state index in [0.29, 0.717) is 62.0 Å². The molecule has 0 saturated carbocycles. The maximum Gasteiger partial charge on any atom is 0.416 e. The Bertz CT molecular complexity index is 1210. The Morgan fingerprint density at radius 3 is 2.24 bits per heavy atom. The van der Waals surface area contributed by atoms with Crippen molar-refractivity contribution in [1.29, 1.82) is 0 Å². The van der Waals surface area contributed by atoms with Crippen molar-refractivity contribution in [2.24, 2.45) is 5.92 Å². The quantitative estimate of drug-likeness (QED) is 0.330. The summed E-state index contributed by atoms with van der Waals surface area (Å²) in [5.41, 5.74) is 1.62. The van der Waals surface area contributed by atoms with Crippen molar-refractivity contribution in [3.8, 4) is 0 Å². The van der Waals surface area contributed by atoms with E-state index in [1.54, 1.807) is 0 Å². The summed E-state index contributed by atoms with van der Waals surface area (Å²) in [6.45, 7) is 12.8. The second-order valence-corrected chi connectivity index (χ2v) is 15.1. The van der Waals surface area contributed by atoms with E-state index in [1.165, 1.54) is 17.7 Å². The van der Waals surface area contributed by atoms with Gasteiger partial charge in [-0.05, 0) is 81.0 Å². The minimum atomic E-state index is -4.50. The number of anilines is 1. The van der Waals surface area contributed by atoms with Crippen molar-refractivity contribution < 1.29 is 22.5 Å². The molecule has 42 heavy (non-hydrogen) atoms. The van der Waals surface area contributed by atoms with E-state index in [9.17, 15) is 22.5 Å². The van der Waals surface area contributed by atoms with E-state index in [1.807, 2.05) is 68.7 Å². The summed E-state index contributed by atoms with van der Waals surface area (Å²) < 4.78 is 57.1. The van der Waals surface area contributed by atoms with Gasteiger partial charge in [-0.3, -0.25) is 0 Å². The Balaban J connectivity index is 1.50. The van der Waals surface area contributed by atoms with Gasteiger partial charge in [0, 0.05) is 67.3 Å². The lowest BCUT2D eigenvalue weighted by Crippen LogP contribution is -2.52. The van der Waals surface area contributed by atoms with Crippen LogP contribution in [0, 0.1) is 5.92 Å². The fraction of sp³-hybridized carbons (Fsp3) is 0.581. The third-order valence-electron chi connectivity index (χ3n) is 7.93. The molecule has 2 heterocycles. The Labute approximate surface area is 255 Å². The molecule has 2 aliphatic heterocycles. The Kier molecular flexibility index (Phi) is 10.3. The first kappa shape index (κ1) is 32.8. The summed E-state index contributed by atoms with van der Waals surface area (Å²) in [6, 6.07) is 11.1. The van der Waals surface area contributed by atoms with Crippen molar-refractivity contribution in [3.05, 3.63) is 64.2 Å². The number of likely N-dealkylation sites (tertiary alicyclic amines) is 1. The van der Waals surface area contributed by atoms with E-state index in [-0.39, 0.29) is 17.9 Å². The van der Waals surface area contributed by atoms with Crippen molar-refractivity contribution in [1.82, 2.24) is 14.5 Å². The molecule has 2 unspecified atom stereocenters. The summed E-state index contributed by atoms with van der Waals surface area (Å²) in [5.74, 6) is 0.430. The third-order valence-corrected chi connectivity index (χ3v) is 9.80. The molecule has 0 aliphatic carbocycles. The molecule has 3 atom stereocenters. The van der Waals surface area contributed by atoms with Crippen LogP contribution < -0.4 is 9.62 Å². The Hall–Kier alpha value is -2.14. The number of carbonyl (C=O) groups excluding carboxylic acids is 1. The second kappa shape index (κ2) is 13.2. The predicted molar refractivity (Wildman–Crippen MR) is 164 cm³/mol. The van der Waals surface area contributed by atoms with Gasteiger partial charge >= 0.3 is 12.2 Å². The maximum atomic E-state index is 13.8. The lowest BCUT2D eigenvalue weighted by atomic mass is 9.94. The SMILES string of the molecule is CC(C)C[C@H](N[S+]([O-])C(C)(C)C)c1cc(C(F)(F)F)ccc1N1CCN(C(=O)N2CCC(c3ccc(Cl)cc3)C2)CC1. The summed E-state index contributed by atoms with van der Waals surface area (Å²) in [4.78, 5) is 19.2. The van der Waals surface area contributed by atoms with Gasteiger partial charge in [-0.25, -0.2) is 4.79 Å². The van der Waals surface area contributed by atoms with Gasteiger partial charge in [0.25, 0.3) is 0 Å². The fourth-order valence-corrected chi connectivity index (χ4v) is 6.55. The molecule has 11 heteroatoms. The van der Waals surface area contributed by atoms with E-state index in [0.717, 1.165) is 12.5 Å². The molecule has 232 valence electrons. The van der Waals surface area contributed by atoms with E-state index >= 15 is 0 Å². The lowest BCUT2D eigenvalue weighted by molar-refractivity contribution is -0.137. The summed E-state index contributed by atoms with van der Waals surface area (Å²) in [7, 11) is 0. The average Bonchev–Trinajstić information content (AvgIpc) is 3.41. The number of benzene rings is 2. The first-order chi connectivity index (χ1) is 19.6. The Morgan fingerprint density at radius 2 is 1.67 bits per heavy atom. The standard InChI is InChI=1S/C31H42ClF3N4O2S/c1-21(2)18-27(36-42(41)30(3,4)5)26-19-24(31(33,34)35)8-11-28(26)37-14-16-38(17-15-37)29(40)39-13-12-23(20-39)22-6-9-25(32)10-7-22/h6-11,19,21,23,27,36H,12-18,20H2,1-5H3/t23?,27-,42?/m0/s1. The van der Waals surface area contributed by atoms with Crippen LogP contribution in [0.4, 0.5) is 23.7 Å². The second-order valence-electron chi connectivity index (χ2n) is 12.7. The third kappa shape index (κ3) is 8.07. The molecule has 0 spiro atoms. The first-order valence-corrected chi connectivity index (χ1v) is 16.1. The van der Waals surface area contributed by atoms with Crippen LogP contribution in [0.15, 0.2) is 42.5 Å². The highest BCUT2D eigenvalue weighted by Gasteiger charge is 2.37. The van der Waals surface area contributed by atoms with Crippen molar-refractivity contribution >= 4 is 34.7 Å². The molecule has 0 bridgehead atoms. The number of halogens is 4. The molecule has 1 N–H and O–H groups in total. The highest BCUT2D eigenvalue weighted by Crippen LogP contribution is 2.38. The zero-order valence-electron chi connectivity index (χ0n) is 25.0. The van der Waals surface area contributed by atoms with Crippen LogP contribution in [-0.4, -0.2) is 64.4 Å². The van der Waals surface area contributed by atoms with Crippen LogP contribution in [0.3, 0.4) is 0 Å². The zero-order chi connectivity index (χ0) is 30.8. The van der Waals surface area contributed by atoms with Crippen LogP contribution >= 0.6 is 11.6 Å². The number of nitrogens with one attached hydrogen (secondary N) is 1. The monoisotopic (exact) mass is 626 g/mol. The van der Waals surface area contributed by atoms with Gasteiger partial charge in [0.05, 0.1) is 11.6 Å². The summed E-state index contributed by atoms with van der Waals surface area (Å²) in [6.07, 6.45) is -3.08. The smallest absolute Gasteiger partial charge is 0.416 e. The number of nitrogens with zero attached hydrogens (tertiary/aromatic N) is 3. The lowest BCUT2D eigenvalue weighted by Gasteiger charge is -2.39. The number of rotatable bonds is 7. The van der Waals surface area contributed by atoms with Crippen molar-refractivity contribution in [2.75, 3.05) is 44.2 Å². The molecule has 2 aromatic rings. The number of amides is 2. The average molecular weight is 627 g/mol. The number of hydrogen-bond acceptors (Lipinski definition) is 4. The Morgan fingerprint density at radius 1 is 1.02 bits per heavy atom. The minimum absolute atomic E-state index is 0.00122. The normalized spacial score (nSPS) is 19.9. The van der Waals surface area contributed by atoms with E-state index in [2.05, 4.69) is 9.62 Å². The minimum Gasteiger partial charge on any atom is -0.598 e. The zero-order valence-corrected chi connectivity index (χ0v) is 26.6. The molecule has 2 saturated heterocycles. The molecule has 4 rings (SSSR count). The number of urea groups is 1. The van der Waals surface area contributed by atoms with Crippen LogP contribution in [-0.2, 0) is 17.5 Å². The first-order valence-electron chi connectivity index (χ1n) is 14.6. The molecule has 0 radical (unpaired) electrons. The molecular formula is C31H42ClF3N4O2S. The van der Waals surface area contributed by atoms with Gasteiger partial charge in [0.1, 0.15) is 4.75 Å². The number of hydrogen-bond donors (Lipinski definition) is 1. The molecule has 6 nitrogen and oxygen atoms in total. The number of piperazine rings is 1. The fourth-order valence-electron chi connectivity index (χ4n) is 5.59. The molecule has 2 aliphatic rings. The van der Waals surface area contributed by atoms with Gasteiger partial charge in [-0.1, -0.05) is 37.6 Å². The van der Waals surface area contributed by atoms with Crippen LogP contribution in [0.1, 0.15) is 76.1 Å². The highest BCUT2D eigenvalue weighted by atomic mass is 35.5. The molecular weight excluding hydrogens is 585 g/mol. The predicted octanol–water partition coefficient (Wildman–Crippen LogP) is 7.23. The van der Waals surface area contributed by atoms with Gasteiger partial charge in [0.2, 0.25) is 0 Å². The van der Waals surface area contributed by atoms with Crippen LogP contribution in [0.5, 0.6) is 0 Å². The largest absolute Gasteiger partial charge is 0.598 e. The topological polar surface area (TPSA) is 61.9 Å². The molecule has 2 aromatic carbocycles. The van der Waals surface area contributed by atoms with Crippen LogP contribution in [0.2, 0.25) is 5.02 Å². The molecule has 0 aromatic heterocycles. The maximum absolute atomic E-state index is 13.8. The van der Waals surface area contributed by atoms with E-state index in [4.69, 9.17) is 11.6 Å². The molecule has 2 amide bonds. The van der Waals surface area contributed by atoms with Gasteiger partial charge in [0.15, 0.2) is 0 Å². The van der Waals surface area contributed by atoms with Crippen molar-refractivity contribution in [2.45, 2.75) is 70.3 Å². The van der Waals surface area contributed by atoms with E-state index < -0.39 is 33.9 Å². The number of carbonyl (C=O) groups is 1. The van der Waals surface area contributed by atoms with Crippen molar-refractivity contribution in [3.63, 3.8) is 0 Å².